The van der Waals surface area contributed by atoms with E-state index in [2.05, 4.69) is 20.0 Å². The zero-order chi connectivity index (χ0) is 17.5. The molecule has 2 aromatic heterocycles. The number of hydrogen-bond donors (Lipinski definition) is 1. The first-order valence-electron chi connectivity index (χ1n) is 7.32. The Labute approximate surface area is 139 Å². The van der Waals surface area contributed by atoms with Gasteiger partial charge in [0, 0.05) is 24.0 Å². The standard InChI is InChI=1S/C14H15F3N4O2S/c1-7(2)18-13(22)21-4-3-9-8(6-21)5-10(24-9)11-19-12(23-20-11)14(15,16)17/h5,7H,3-4,6H2,1-2H3,(H,18,22). The van der Waals surface area contributed by atoms with Crippen LogP contribution in [0.2, 0.25) is 0 Å². The number of aromatic nitrogens is 2. The number of fused-ring (bicyclic) bond motifs is 1. The van der Waals surface area contributed by atoms with E-state index in [-0.39, 0.29) is 17.9 Å². The Hall–Kier alpha value is -2.10. The number of thiophene rings is 1. The number of halogens is 3. The maximum Gasteiger partial charge on any atom is 0.471 e. The molecule has 3 rings (SSSR count). The first kappa shape index (κ1) is 16.7. The third kappa shape index (κ3) is 3.37. The Bertz CT molecular complexity index is 754. The molecule has 2 amide bonds. The molecule has 2 aromatic rings. The highest BCUT2D eigenvalue weighted by Crippen LogP contribution is 2.35. The Balaban J connectivity index is 1.78. The monoisotopic (exact) mass is 360 g/mol. The van der Waals surface area contributed by atoms with Crippen LogP contribution in [0.1, 0.15) is 30.2 Å². The smallest absolute Gasteiger partial charge is 0.336 e. The fourth-order valence-electron chi connectivity index (χ4n) is 2.39. The molecule has 24 heavy (non-hydrogen) atoms. The van der Waals surface area contributed by atoms with Gasteiger partial charge in [0.2, 0.25) is 5.82 Å². The average Bonchev–Trinajstić information content (AvgIpc) is 3.11. The minimum Gasteiger partial charge on any atom is -0.336 e. The third-order valence-corrected chi connectivity index (χ3v) is 4.69. The topological polar surface area (TPSA) is 71.3 Å². The van der Waals surface area contributed by atoms with E-state index < -0.39 is 12.1 Å². The maximum absolute atomic E-state index is 12.5. The molecule has 0 atom stereocenters. The molecule has 1 aliphatic heterocycles. The van der Waals surface area contributed by atoms with Gasteiger partial charge in [-0.3, -0.25) is 0 Å². The third-order valence-electron chi connectivity index (χ3n) is 3.45. The molecule has 0 fully saturated rings. The lowest BCUT2D eigenvalue weighted by atomic mass is 10.1. The number of rotatable bonds is 2. The molecule has 1 aliphatic rings. The van der Waals surface area contributed by atoms with Crippen molar-refractivity contribution < 1.29 is 22.5 Å². The highest BCUT2D eigenvalue weighted by atomic mass is 32.1. The number of carbonyl (C=O) groups is 1. The molecule has 0 bridgehead atoms. The summed E-state index contributed by atoms with van der Waals surface area (Å²) >= 11 is 1.33. The molecule has 0 spiro atoms. The van der Waals surface area contributed by atoms with Gasteiger partial charge in [-0.2, -0.15) is 18.2 Å². The van der Waals surface area contributed by atoms with Crippen LogP contribution in [0.4, 0.5) is 18.0 Å². The van der Waals surface area contributed by atoms with E-state index in [1.807, 2.05) is 13.8 Å². The second-order valence-electron chi connectivity index (χ2n) is 5.76. The predicted molar refractivity (Wildman–Crippen MR) is 80.4 cm³/mol. The van der Waals surface area contributed by atoms with E-state index in [0.29, 0.717) is 24.4 Å². The summed E-state index contributed by atoms with van der Waals surface area (Å²) in [5.74, 6) is -1.44. The lowest BCUT2D eigenvalue weighted by Crippen LogP contribution is -2.44. The Morgan fingerprint density at radius 1 is 1.46 bits per heavy atom. The second kappa shape index (κ2) is 6.08. The Morgan fingerprint density at radius 2 is 2.21 bits per heavy atom. The summed E-state index contributed by atoms with van der Waals surface area (Å²) in [6.07, 6.45) is -4.01. The van der Waals surface area contributed by atoms with Gasteiger partial charge in [0.15, 0.2) is 0 Å². The van der Waals surface area contributed by atoms with Crippen LogP contribution in [0.5, 0.6) is 0 Å². The van der Waals surface area contributed by atoms with Crippen LogP contribution >= 0.6 is 11.3 Å². The second-order valence-corrected chi connectivity index (χ2v) is 6.89. The summed E-state index contributed by atoms with van der Waals surface area (Å²) in [6, 6.07) is 1.61. The van der Waals surface area contributed by atoms with Crippen molar-refractivity contribution in [2.75, 3.05) is 6.54 Å². The zero-order valence-corrected chi connectivity index (χ0v) is 13.8. The van der Waals surface area contributed by atoms with Crippen LogP contribution in [-0.2, 0) is 19.1 Å². The number of nitrogens with one attached hydrogen (secondary N) is 1. The van der Waals surface area contributed by atoms with Gasteiger partial charge in [0.25, 0.3) is 0 Å². The van der Waals surface area contributed by atoms with Gasteiger partial charge in [-0.15, -0.1) is 11.3 Å². The molecule has 0 radical (unpaired) electrons. The Morgan fingerprint density at radius 3 is 2.83 bits per heavy atom. The molecule has 0 aromatic carbocycles. The number of hydrogen-bond acceptors (Lipinski definition) is 5. The van der Waals surface area contributed by atoms with Crippen LogP contribution in [-0.4, -0.2) is 33.7 Å². The minimum absolute atomic E-state index is 0.0389. The SMILES string of the molecule is CC(C)NC(=O)N1CCc2sc(-c3noc(C(F)(F)F)n3)cc2C1. The number of alkyl halides is 3. The summed E-state index contributed by atoms with van der Waals surface area (Å²) in [6.45, 7) is 4.73. The highest BCUT2D eigenvalue weighted by Gasteiger charge is 2.38. The quantitative estimate of drug-likeness (QED) is 0.892. The molecule has 6 nitrogen and oxygen atoms in total. The van der Waals surface area contributed by atoms with Crippen LogP contribution in [0.3, 0.4) is 0 Å². The number of nitrogens with zero attached hydrogens (tertiary/aromatic N) is 3. The summed E-state index contributed by atoms with van der Waals surface area (Å²) in [7, 11) is 0. The molecule has 0 unspecified atom stereocenters. The molecular formula is C14H15F3N4O2S. The fraction of sp³-hybridized carbons (Fsp3) is 0.500. The average molecular weight is 360 g/mol. The van der Waals surface area contributed by atoms with Crippen molar-refractivity contribution in [2.24, 2.45) is 0 Å². The minimum atomic E-state index is -4.66. The number of carbonyl (C=O) groups excluding carboxylic acids is 1. The predicted octanol–water partition coefficient (Wildman–Crippen LogP) is 3.29. The molecule has 130 valence electrons. The van der Waals surface area contributed by atoms with Crippen molar-refractivity contribution in [3.8, 4) is 10.7 Å². The molecule has 0 saturated heterocycles. The largest absolute Gasteiger partial charge is 0.471 e. The van der Waals surface area contributed by atoms with Crippen molar-refractivity contribution in [3.63, 3.8) is 0 Å². The number of urea groups is 1. The van der Waals surface area contributed by atoms with E-state index in [1.54, 1.807) is 11.0 Å². The molecule has 10 heteroatoms. The van der Waals surface area contributed by atoms with Gasteiger partial charge < -0.3 is 14.7 Å². The molecule has 0 saturated carbocycles. The lowest BCUT2D eigenvalue weighted by molar-refractivity contribution is -0.159. The highest BCUT2D eigenvalue weighted by molar-refractivity contribution is 7.15. The van der Waals surface area contributed by atoms with Crippen LogP contribution in [0.15, 0.2) is 10.6 Å². The van der Waals surface area contributed by atoms with E-state index in [9.17, 15) is 18.0 Å². The lowest BCUT2D eigenvalue weighted by Gasteiger charge is -2.27. The van der Waals surface area contributed by atoms with Gasteiger partial charge in [0.1, 0.15) is 0 Å². The summed E-state index contributed by atoms with van der Waals surface area (Å²) in [5.41, 5.74) is 0.901. The summed E-state index contributed by atoms with van der Waals surface area (Å²) in [5, 5.41) is 6.23. The van der Waals surface area contributed by atoms with Gasteiger partial charge >= 0.3 is 18.1 Å². The molecule has 1 N–H and O–H groups in total. The normalized spacial score (nSPS) is 14.8. The van der Waals surface area contributed by atoms with E-state index in [1.165, 1.54) is 11.3 Å². The van der Waals surface area contributed by atoms with Crippen LogP contribution in [0.25, 0.3) is 10.7 Å². The summed E-state index contributed by atoms with van der Waals surface area (Å²) in [4.78, 5) is 18.7. The fourth-order valence-corrected chi connectivity index (χ4v) is 3.48. The maximum atomic E-state index is 12.5. The van der Waals surface area contributed by atoms with E-state index in [4.69, 9.17) is 0 Å². The van der Waals surface area contributed by atoms with Crippen molar-refractivity contribution in [1.29, 1.82) is 0 Å². The van der Waals surface area contributed by atoms with Crippen molar-refractivity contribution >= 4 is 17.4 Å². The molecular weight excluding hydrogens is 345 g/mol. The van der Waals surface area contributed by atoms with Crippen molar-refractivity contribution in [2.45, 2.75) is 39.0 Å². The number of amides is 2. The first-order valence-corrected chi connectivity index (χ1v) is 8.14. The Kier molecular flexibility index (Phi) is 4.24. The van der Waals surface area contributed by atoms with E-state index in [0.717, 1.165) is 10.4 Å². The summed E-state index contributed by atoms with van der Waals surface area (Å²) < 4.78 is 41.9. The molecule has 3 heterocycles. The van der Waals surface area contributed by atoms with Gasteiger partial charge in [0.05, 0.1) is 4.88 Å². The molecule has 0 aliphatic carbocycles. The van der Waals surface area contributed by atoms with Crippen LogP contribution in [0, 0.1) is 0 Å². The zero-order valence-electron chi connectivity index (χ0n) is 13.0. The van der Waals surface area contributed by atoms with E-state index >= 15 is 0 Å². The first-order chi connectivity index (χ1) is 11.2. The van der Waals surface area contributed by atoms with Crippen molar-refractivity contribution in [3.05, 3.63) is 22.4 Å². The van der Waals surface area contributed by atoms with Crippen LogP contribution < -0.4 is 5.32 Å². The van der Waals surface area contributed by atoms with Crippen molar-refractivity contribution in [1.82, 2.24) is 20.4 Å². The van der Waals surface area contributed by atoms with Gasteiger partial charge in [-0.1, -0.05) is 5.16 Å². The van der Waals surface area contributed by atoms with Gasteiger partial charge in [-0.05, 0) is 31.9 Å². The van der Waals surface area contributed by atoms with Gasteiger partial charge in [-0.25, -0.2) is 4.79 Å².